The van der Waals surface area contributed by atoms with Crippen molar-refractivity contribution >= 4 is 29.5 Å². The lowest BCUT2D eigenvalue weighted by molar-refractivity contribution is -0.113. The summed E-state index contributed by atoms with van der Waals surface area (Å²) in [5, 5.41) is 9.09. The van der Waals surface area contributed by atoms with Crippen LogP contribution in [0.25, 0.3) is 6.08 Å². The number of rotatable bonds is 6. The number of carbonyl (C=O) groups excluding carboxylic acids is 1. The summed E-state index contributed by atoms with van der Waals surface area (Å²) in [7, 11) is 0. The highest BCUT2D eigenvalue weighted by Gasteiger charge is 2.32. The number of ether oxygens (including phenoxy) is 1. The van der Waals surface area contributed by atoms with Gasteiger partial charge in [0.1, 0.15) is 17.3 Å². The van der Waals surface area contributed by atoms with E-state index in [1.54, 1.807) is 23.1 Å². The van der Waals surface area contributed by atoms with Crippen molar-refractivity contribution in [3.63, 3.8) is 0 Å². The van der Waals surface area contributed by atoms with E-state index in [0.717, 1.165) is 16.9 Å². The number of aryl methyl sites for hydroxylation is 1. The molecule has 1 N–H and O–H groups in total. The van der Waals surface area contributed by atoms with Crippen LogP contribution in [0, 0.1) is 6.92 Å². The van der Waals surface area contributed by atoms with Crippen LogP contribution in [0.5, 0.6) is 5.75 Å². The van der Waals surface area contributed by atoms with Gasteiger partial charge in [-0.25, -0.2) is 9.79 Å². The molecule has 0 aromatic heterocycles. The van der Waals surface area contributed by atoms with Crippen molar-refractivity contribution in [1.29, 1.82) is 0 Å². The van der Waals surface area contributed by atoms with Gasteiger partial charge in [0.05, 0.1) is 17.9 Å². The third kappa shape index (κ3) is 4.30. The van der Waals surface area contributed by atoms with Crippen LogP contribution in [0.1, 0.15) is 34.0 Å². The highest BCUT2D eigenvalue weighted by atomic mass is 16.5. The molecule has 0 saturated carbocycles. The standard InChI is InChI=1S/C26H22N2O4/c1-3-32-22-14-12-21(13-15-22)28-24(19-8-4-17(2)5-9-19)27-23(25(28)29)16-18-6-10-20(11-7-18)26(30)31/h4-16H,3H2,1-2H3,(H,30,31)/b23-16+. The Morgan fingerprint density at radius 1 is 1.00 bits per heavy atom. The molecule has 0 saturated heterocycles. The molecule has 160 valence electrons. The maximum absolute atomic E-state index is 13.4. The van der Waals surface area contributed by atoms with Crippen molar-refractivity contribution in [3.05, 3.63) is 101 Å². The molecule has 1 heterocycles. The van der Waals surface area contributed by atoms with E-state index in [9.17, 15) is 9.59 Å². The van der Waals surface area contributed by atoms with Gasteiger partial charge in [0.15, 0.2) is 0 Å². The average molecular weight is 426 g/mol. The van der Waals surface area contributed by atoms with Gasteiger partial charge in [-0.05, 0) is 61.9 Å². The molecule has 6 heteroatoms. The van der Waals surface area contributed by atoms with Crippen molar-refractivity contribution in [1.82, 2.24) is 0 Å². The number of carbonyl (C=O) groups is 2. The number of amidine groups is 1. The zero-order valence-electron chi connectivity index (χ0n) is 17.8. The molecule has 0 fully saturated rings. The topological polar surface area (TPSA) is 79.2 Å². The smallest absolute Gasteiger partial charge is 0.335 e. The van der Waals surface area contributed by atoms with Gasteiger partial charge in [-0.1, -0.05) is 42.0 Å². The predicted molar refractivity (Wildman–Crippen MR) is 124 cm³/mol. The lowest BCUT2D eigenvalue weighted by atomic mass is 10.1. The Morgan fingerprint density at radius 2 is 1.66 bits per heavy atom. The summed E-state index contributed by atoms with van der Waals surface area (Å²) in [4.78, 5) is 30.7. The molecule has 32 heavy (non-hydrogen) atoms. The van der Waals surface area contributed by atoms with Crippen LogP contribution in [-0.4, -0.2) is 29.4 Å². The summed E-state index contributed by atoms with van der Waals surface area (Å²) >= 11 is 0. The minimum Gasteiger partial charge on any atom is -0.494 e. The number of aliphatic imine (C=N–C) groups is 1. The largest absolute Gasteiger partial charge is 0.494 e. The number of amides is 1. The highest BCUT2D eigenvalue weighted by Crippen LogP contribution is 2.29. The fraction of sp³-hybridized carbons (Fsp3) is 0.115. The third-order valence-electron chi connectivity index (χ3n) is 5.04. The number of hydrogen-bond donors (Lipinski definition) is 1. The fourth-order valence-corrected chi connectivity index (χ4v) is 3.39. The van der Waals surface area contributed by atoms with Gasteiger partial charge in [0, 0.05) is 5.56 Å². The third-order valence-corrected chi connectivity index (χ3v) is 5.04. The number of aromatic carboxylic acids is 1. The van der Waals surface area contributed by atoms with Crippen LogP contribution in [-0.2, 0) is 4.79 Å². The van der Waals surface area contributed by atoms with Gasteiger partial charge < -0.3 is 9.84 Å². The maximum atomic E-state index is 13.4. The number of carboxylic acids is 1. The van der Waals surface area contributed by atoms with Gasteiger partial charge in [-0.15, -0.1) is 0 Å². The van der Waals surface area contributed by atoms with E-state index in [4.69, 9.17) is 9.84 Å². The average Bonchev–Trinajstić information content (AvgIpc) is 3.11. The summed E-state index contributed by atoms with van der Waals surface area (Å²) in [5.41, 5.74) is 3.77. The van der Waals surface area contributed by atoms with Crippen LogP contribution in [0.2, 0.25) is 0 Å². The normalized spacial score (nSPS) is 14.6. The van der Waals surface area contributed by atoms with Gasteiger partial charge in [0.2, 0.25) is 0 Å². The van der Waals surface area contributed by atoms with Crippen LogP contribution < -0.4 is 9.64 Å². The summed E-state index contributed by atoms with van der Waals surface area (Å²) in [5.74, 6) is 0.00752. The summed E-state index contributed by atoms with van der Waals surface area (Å²) in [6.07, 6.45) is 1.66. The quantitative estimate of drug-likeness (QED) is 0.567. The second-order valence-electron chi connectivity index (χ2n) is 7.33. The molecule has 1 aliphatic heterocycles. The lowest BCUT2D eigenvalue weighted by Crippen LogP contribution is -2.32. The first-order valence-corrected chi connectivity index (χ1v) is 10.2. The van der Waals surface area contributed by atoms with E-state index in [1.807, 2.05) is 62.4 Å². The molecule has 0 aliphatic carbocycles. The first kappa shape index (κ1) is 21.1. The summed E-state index contributed by atoms with van der Waals surface area (Å²) < 4.78 is 5.51. The second kappa shape index (κ2) is 8.89. The number of benzene rings is 3. The van der Waals surface area contributed by atoms with E-state index in [2.05, 4.69) is 4.99 Å². The van der Waals surface area contributed by atoms with Gasteiger partial charge in [-0.2, -0.15) is 0 Å². The molecular formula is C26H22N2O4. The Hall–Kier alpha value is -4.19. The molecule has 0 radical (unpaired) electrons. The number of nitrogens with zero attached hydrogens (tertiary/aromatic N) is 2. The number of hydrogen-bond acceptors (Lipinski definition) is 4. The molecule has 0 spiro atoms. The van der Waals surface area contributed by atoms with E-state index in [-0.39, 0.29) is 17.2 Å². The monoisotopic (exact) mass is 426 g/mol. The summed E-state index contributed by atoms with van der Waals surface area (Å²) in [6, 6.07) is 21.5. The molecule has 0 unspecified atom stereocenters. The van der Waals surface area contributed by atoms with Crippen LogP contribution in [0.15, 0.2) is 83.5 Å². The predicted octanol–water partition coefficient (Wildman–Crippen LogP) is 4.93. The van der Waals surface area contributed by atoms with Crippen molar-refractivity contribution in [2.75, 3.05) is 11.5 Å². The van der Waals surface area contributed by atoms with Crippen molar-refractivity contribution in [2.24, 2.45) is 4.99 Å². The lowest BCUT2D eigenvalue weighted by Gasteiger charge is -2.19. The van der Waals surface area contributed by atoms with E-state index >= 15 is 0 Å². The van der Waals surface area contributed by atoms with Gasteiger partial charge >= 0.3 is 5.97 Å². The zero-order chi connectivity index (χ0) is 22.7. The molecular weight excluding hydrogens is 404 g/mol. The van der Waals surface area contributed by atoms with E-state index < -0.39 is 5.97 Å². The minimum atomic E-state index is -0.998. The summed E-state index contributed by atoms with van der Waals surface area (Å²) in [6.45, 7) is 4.48. The molecule has 3 aromatic carbocycles. The molecule has 0 bridgehead atoms. The van der Waals surface area contributed by atoms with E-state index in [0.29, 0.717) is 23.7 Å². The number of anilines is 1. The minimum absolute atomic E-state index is 0.185. The van der Waals surface area contributed by atoms with Crippen LogP contribution in [0.3, 0.4) is 0 Å². The molecule has 1 amide bonds. The fourth-order valence-electron chi connectivity index (χ4n) is 3.39. The Bertz CT molecular complexity index is 1210. The second-order valence-corrected chi connectivity index (χ2v) is 7.33. The Kier molecular flexibility index (Phi) is 5.85. The Balaban J connectivity index is 1.74. The van der Waals surface area contributed by atoms with Crippen molar-refractivity contribution in [2.45, 2.75) is 13.8 Å². The highest BCUT2D eigenvalue weighted by molar-refractivity contribution is 6.33. The first-order chi connectivity index (χ1) is 15.5. The molecule has 0 atom stereocenters. The van der Waals surface area contributed by atoms with Crippen LogP contribution >= 0.6 is 0 Å². The molecule has 1 aliphatic rings. The Morgan fingerprint density at radius 3 is 2.25 bits per heavy atom. The number of carboxylic acid groups (broad SMARTS) is 1. The van der Waals surface area contributed by atoms with Crippen LogP contribution in [0.4, 0.5) is 5.69 Å². The SMILES string of the molecule is CCOc1ccc(N2C(=O)/C(=C\c3ccc(C(=O)O)cc3)N=C2c2ccc(C)cc2)cc1. The van der Waals surface area contributed by atoms with Gasteiger partial charge in [0.25, 0.3) is 5.91 Å². The zero-order valence-corrected chi connectivity index (χ0v) is 17.8. The maximum Gasteiger partial charge on any atom is 0.335 e. The Labute approximate surface area is 186 Å². The first-order valence-electron chi connectivity index (χ1n) is 10.2. The van der Waals surface area contributed by atoms with Crippen molar-refractivity contribution in [3.8, 4) is 5.75 Å². The molecule has 4 rings (SSSR count). The van der Waals surface area contributed by atoms with E-state index in [1.165, 1.54) is 12.1 Å². The van der Waals surface area contributed by atoms with Gasteiger partial charge in [-0.3, -0.25) is 9.69 Å². The van der Waals surface area contributed by atoms with Crippen molar-refractivity contribution < 1.29 is 19.4 Å². The molecule has 3 aromatic rings. The molecule has 6 nitrogen and oxygen atoms in total.